The van der Waals surface area contributed by atoms with Gasteiger partial charge in [-0.2, -0.15) is 5.10 Å². The summed E-state index contributed by atoms with van der Waals surface area (Å²) >= 11 is 5.92. The van der Waals surface area contributed by atoms with E-state index in [4.69, 9.17) is 16.3 Å². The van der Waals surface area contributed by atoms with Crippen molar-refractivity contribution < 1.29 is 13.9 Å². The number of rotatable bonds is 6. The summed E-state index contributed by atoms with van der Waals surface area (Å²) in [6, 6.07) is 13.4. The smallest absolute Gasteiger partial charge is 0.257 e. The highest BCUT2D eigenvalue weighted by Gasteiger charge is 2.19. The molecule has 0 aliphatic heterocycles. The fraction of sp³-hybridized carbons (Fsp3) is 0.200. The van der Waals surface area contributed by atoms with Crippen molar-refractivity contribution in [1.29, 1.82) is 0 Å². The third kappa shape index (κ3) is 4.28. The van der Waals surface area contributed by atoms with Crippen molar-refractivity contribution in [2.24, 2.45) is 0 Å². The van der Waals surface area contributed by atoms with Crippen molar-refractivity contribution in [3.8, 4) is 11.4 Å². The first kappa shape index (κ1) is 18.9. The molecule has 0 N–H and O–H groups in total. The lowest BCUT2D eigenvalue weighted by Gasteiger charge is -2.17. The third-order valence-electron chi connectivity index (χ3n) is 4.16. The number of para-hydroxylation sites is 1. The van der Waals surface area contributed by atoms with E-state index in [0.29, 0.717) is 40.9 Å². The molecule has 0 saturated heterocycles. The van der Waals surface area contributed by atoms with E-state index in [1.54, 1.807) is 61.3 Å². The lowest BCUT2D eigenvalue weighted by Crippen LogP contribution is -2.31. The second-order valence-corrected chi connectivity index (χ2v) is 6.48. The van der Waals surface area contributed by atoms with E-state index in [0.717, 1.165) is 0 Å². The topological polar surface area (TPSA) is 47.4 Å². The number of ether oxygens (including phenoxy) is 1. The number of amides is 1. The number of carbonyl (C=O) groups excluding carboxylic acids is 1. The molecule has 0 bridgehead atoms. The van der Waals surface area contributed by atoms with Crippen LogP contribution in [0.25, 0.3) is 5.69 Å². The van der Waals surface area contributed by atoms with Crippen molar-refractivity contribution in [3.63, 3.8) is 0 Å². The molecule has 1 amide bonds. The van der Waals surface area contributed by atoms with E-state index in [-0.39, 0.29) is 5.91 Å². The minimum Gasteiger partial charge on any atom is -0.492 e. The van der Waals surface area contributed by atoms with Crippen molar-refractivity contribution >= 4 is 17.5 Å². The Morgan fingerprint density at radius 2 is 2.04 bits per heavy atom. The molecule has 140 valence electrons. The maximum Gasteiger partial charge on any atom is 0.257 e. The Morgan fingerprint density at radius 1 is 1.26 bits per heavy atom. The number of hydrogen-bond acceptors (Lipinski definition) is 3. The molecule has 3 aromatic rings. The summed E-state index contributed by atoms with van der Waals surface area (Å²) in [7, 11) is 1.68. The molecule has 0 fully saturated rings. The van der Waals surface area contributed by atoms with Crippen molar-refractivity contribution in [2.75, 3.05) is 20.2 Å². The van der Waals surface area contributed by atoms with Gasteiger partial charge in [-0.25, -0.2) is 9.07 Å². The highest BCUT2D eigenvalue weighted by Crippen LogP contribution is 2.19. The number of nitrogens with zero attached hydrogens (tertiary/aromatic N) is 3. The van der Waals surface area contributed by atoms with Gasteiger partial charge in [-0.3, -0.25) is 4.79 Å². The first-order valence-corrected chi connectivity index (χ1v) is 8.78. The summed E-state index contributed by atoms with van der Waals surface area (Å²) in [5.41, 5.74) is 1.30. The second-order valence-electron chi connectivity index (χ2n) is 6.04. The number of hydrogen-bond donors (Lipinski definition) is 0. The van der Waals surface area contributed by atoms with Crippen LogP contribution >= 0.6 is 11.6 Å². The van der Waals surface area contributed by atoms with E-state index in [1.807, 2.05) is 0 Å². The summed E-state index contributed by atoms with van der Waals surface area (Å²) in [4.78, 5) is 14.2. The van der Waals surface area contributed by atoms with Gasteiger partial charge in [-0.1, -0.05) is 29.8 Å². The lowest BCUT2D eigenvalue weighted by atomic mass is 10.2. The van der Waals surface area contributed by atoms with Crippen LogP contribution in [0.1, 0.15) is 16.1 Å². The predicted octanol–water partition coefficient (Wildman–Crippen LogP) is 4.12. The molecule has 0 aliphatic rings. The van der Waals surface area contributed by atoms with Gasteiger partial charge in [0, 0.05) is 12.1 Å². The quantitative estimate of drug-likeness (QED) is 0.639. The number of likely N-dealkylation sites (N-methyl/N-ethyl adjacent to an activating group) is 1. The molecule has 3 rings (SSSR count). The van der Waals surface area contributed by atoms with Crippen LogP contribution in [0.5, 0.6) is 5.75 Å². The minimum absolute atomic E-state index is 0.204. The molecule has 0 atom stereocenters. The average Bonchev–Trinajstić information content (AvgIpc) is 3.02. The lowest BCUT2D eigenvalue weighted by molar-refractivity contribution is 0.0773. The van der Waals surface area contributed by atoms with Crippen molar-refractivity contribution in [1.82, 2.24) is 14.7 Å². The van der Waals surface area contributed by atoms with Crippen LogP contribution in [0.3, 0.4) is 0 Å². The van der Waals surface area contributed by atoms with Gasteiger partial charge >= 0.3 is 0 Å². The summed E-state index contributed by atoms with van der Waals surface area (Å²) in [5, 5.41) is 4.76. The molecule has 0 radical (unpaired) electrons. The Balaban J connectivity index is 1.66. The summed E-state index contributed by atoms with van der Waals surface area (Å²) in [6.45, 7) is 2.45. The predicted molar refractivity (Wildman–Crippen MR) is 102 cm³/mol. The first-order chi connectivity index (χ1) is 13.0. The Labute approximate surface area is 161 Å². The van der Waals surface area contributed by atoms with Gasteiger partial charge in [0.1, 0.15) is 23.9 Å². The zero-order chi connectivity index (χ0) is 19.4. The summed E-state index contributed by atoms with van der Waals surface area (Å²) < 4.78 is 21.0. The summed E-state index contributed by atoms with van der Waals surface area (Å²) in [6.07, 6.45) is 1.46. The number of halogens is 2. The SMILES string of the molecule is Cc1c(C(=O)N(C)CCOc2cccc(Cl)c2)cnn1-c1ccccc1F. The Kier molecular flexibility index (Phi) is 5.76. The fourth-order valence-corrected chi connectivity index (χ4v) is 2.83. The number of carbonyl (C=O) groups is 1. The normalized spacial score (nSPS) is 10.7. The van der Waals surface area contributed by atoms with Crippen LogP contribution in [-0.4, -0.2) is 40.8 Å². The minimum atomic E-state index is -0.397. The maximum atomic E-state index is 14.0. The molecule has 27 heavy (non-hydrogen) atoms. The van der Waals surface area contributed by atoms with Crippen LogP contribution in [0, 0.1) is 12.7 Å². The molecule has 0 saturated carbocycles. The van der Waals surface area contributed by atoms with Gasteiger partial charge < -0.3 is 9.64 Å². The monoisotopic (exact) mass is 387 g/mol. The van der Waals surface area contributed by atoms with Crippen LogP contribution in [-0.2, 0) is 0 Å². The average molecular weight is 388 g/mol. The number of benzene rings is 2. The van der Waals surface area contributed by atoms with E-state index < -0.39 is 5.82 Å². The van der Waals surface area contributed by atoms with Crippen LogP contribution in [0.2, 0.25) is 5.02 Å². The Hall–Kier alpha value is -2.86. The molecule has 7 heteroatoms. The standard InChI is InChI=1S/C20H19ClFN3O2/c1-14-17(13-23-25(14)19-9-4-3-8-18(19)22)20(26)24(2)10-11-27-16-7-5-6-15(21)12-16/h3-9,12-13H,10-11H2,1-2H3. The van der Waals surface area contributed by atoms with E-state index >= 15 is 0 Å². The number of aromatic nitrogens is 2. The van der Waals surface area contributed by atoms with Gasteiger partial charge in [-0.15, -0.1) is 0 Å². The molecule has 1 heterocycles. The van der Waals surface area contributed by atoms with Gasteiger partial charge in [-0.05, 0) is 37.3 Å². The third-order valence-corrected chi connectivity index (χ3v) is 4.39. The van der Waals surface area contributed by atoms with Crippen LogP contribution in [0.4, 0.5) is 4.39 Å². The largest absolute Gasteiger partial charge is 0.492 e. The summed E-state index contributed by atoms with van der Waals surface area (Å²) in [5.74, 6) is 0.0441. The van der Waals surface area contributed by atoms with E-state index in [9.17, 15) is 9.18 Å². The highest BCUT2D eigenvalue weighted by atomic mass is 35.5. The zero-order valence-electron chi connectivity index (χ0n) is 15.0. The molecule has 5 nitrogen and oxygen atoms in total. The van der Waals surface area contributed by atoms with Crippen LogP contribution in [0.15, 0.2) is 54.7 Å². The fourth-order valence-electron chi connectivity index (χ4n) is 2.65. The maximum absolute atomic E-state index is 14.0. The van der Waals surface area contributed by atoms with Gasteiger partial charge in [0.15, 0.2) is 0 Å². The zero-order valence-corrected chi connectivity index (χ0v) is 15.8. The Morgan fingerprint density at radius 3 is 2.78 bits per heavy atom. The van der Waals surface area contributed by atoms with Gasteiger partial charge in [0.2, 0.25) is 0 Å². The molecular formula is C20H19ClFN3O2. The van der Waals surface area contributed by atoms with Gasteiger partial charge in [0.05, 0.1) is 24.0 Å². The van der Waals surface area contributed by atoms with Crippen molar-refractivity contribution in [2.45, 2.75) is 6.92 Å². The molecular weight excluding hydrogens is 369 g/mol. The molecule has 0 unspecified atom stereocenters. The van der Waals surface area contributed by atoms with Gasteiger partial charge in [0.25, 0.3) is 5.91 Å². The molecule has 0 aliphatic carbocycles. The second kappa shape index (κ2) is 8.22. The van der Waals surface area contributed by atoms with E-state index in [2.05, 4.69) is 5.10 Å². The highest BCUT2D eigenvalue weighted by molar-refractivity contribution is 6.30. The van der Waals surface area contributed by atoms with Crippen molar-refractivity contribution in [3.05, 3.63) is 76.8 Å². The molecule has 2 aromatic carbocycles. The first-order valence-electron chi connectivity index (χ1n) is 8.40. The molecule has 0 spiro atoms. The molecule has 1 aromatic heterocycles. The Bertz CT molecular complexity index is 958. The van der Waals surface area contributed by atoms with Crippen LogP contribution < -0.4 is 4.74 Å². The van der Waals surface area contributed by atoms with E-state index in [1.165, 1.54) is 16.9 Å².